The van der Waals surface area contributed by atoms with Gasteiger partial charge in [0.2, 0.25) is 5.90 Å². The summed E-state index contributed by atoms with van der Waals surface area (Å²) in [5.41, 5.74) is 0.584. The average molecular weight is 614 g/mol. The predicted octanol–water partition coefficient (Wildman–Crippen LogP) is 3.38. The molecule has 43 heavy (non-hydrogen) atoms. The maximum absolute atomic E-state index is 12.6. The van der Waals surface area contributed by atoms with Crippen LogP contribution in [0.4, 0.5) is 11.4 Å². The third-order valence-corrected chi connectivity index (χ3v) is 6.72. The highest BCUT2D eigenvalue weighted by atomic mass is 32.2. The molecule has 1 heterocycles. The van der Waals surface area contributed by atoms with Gasteiger partial charge < -0.3 is 14.2 Å². The van der Waals surface area contributed by atoms with Gasteiger partial charge in [0, 0.05) is 35.4 Å². The number of benzene rings is 3. The molecule has 16 heteroatoms. The Morgan fingerprint density at radius 2 is 1.51 bits per heavy atom. The lowest BCUT2D eigenvalue weighted by molar-refractivity contribution is -0.385. The number of nitrogens with zero attached hydrogens (tertiary/aromatic N) is 3. The maximum Gasteiger partial charge on any atom is 0.343 e. The van der Waals surface area contributed by atoms with Crippen molar-refractivity contribution in [3.05, 3.63) is 109 Å². The van der Waals surface area contributed by atoms with Crippen LogP contribution in [0.3, 0.4) is 0 Å². The van der Waals surface area contributed by atoms with Crippen LogP contribution in [0.25, 0.3) is 0 Å². The van der Waals surface area contributed by atoms with E-state index >= 15 is 0 Å². The van der Waals surface area contributed by atoms with Crippen molar-refractivity contribution >= 4 is 39.3 Å². The van der Waals surface area contributed by atoms with E-state index in [9.17, 15) is 38.2 Å². The molecule has 4 rings (SSSR count). The molecule has 15 nitrogen and oxygen atoms in total. The molecule has 0 spiro atoms. The Balaban J connectivity index is 1.49. The van der Waals surface area contributed by atoms with E-state index in [-0.39, 0.29) is 40.8 Å². The number of carbonyl (C=O) groups excluding carboxylic acids is 2. The number of nitro benzene ring substituents is 2. The molecule has 0 bridgehead atoms. The standard InChI is InChI=1S/C27H23N3O12S/c1-16-21(4-3-5-23(16)41-27(32)18-8-12-20(13-9-18)30(35)36)25-28-22(14-39-25)24(42-43(2,37)38)15-40-26(31)17-6-10-19(11-7-17)29(33)34/h3-13,22,24H,14-15H2,1-2H3. The molecule has 1 aliphatic heterocycles. The first-order valence-corrected chi connectivity index (χ1v) is 14.2. The van der Waals surface area contributed by atoms with E-state index in [0.29, 0.717) is 11.1 Å². The first-order chi connectivity index (χ1) is 20.3. The Bertz CT molecular complexity index is 1700. The average Bonchev–Trinajstić information content (AvgIpc) is 3.45. The summed E-state index contributed by atoms with van der Waals surface area (Å²) in [4.78, 5) is 50.0. The lowest BCUT2D eigenvalue weighted by Gasteiger charge is -2.19. The number of carbonyl (C=O) groups is 2. The van der Waals surface area contributed by atoms with Gasteiger partial charge >= 0.3 is 11.9 Å². The zero-order chi connectivity index (χ0) is 31.3. The maximum atomic E-state index is 12.6. The van der Waals surface area contributed by atoms with Crippen LogP contribution < -0.4 is 4.74 Å². The Kier molecular flexibility index (Phi) is 9.11. The first-order valence-electron chi connectivity index (χ1n) is 12.4. The van der Waals surface area contributed by atoms with Crippen LogP contribution in [0.2, 0.25) is 0 Å². The second-order valence-corrected chi connectivity index (χ2v) is 10.8. The van der Waals surface area contributed by atoms with Crippen molar-refractivity contribution in [1.29, 1.82) is 0 Å². The van der Waals surface area contributed by atoms with Gasteiger partial charge in [-0.2, -0.15) is 8.42 Å². The van der Waals surface area contributed by atoms with Gasteiger partial charge in [0.05, 0.1) is 27.2 Å². The van der Waals surface area contributed by atoms with Gasteiger partial charge in [0.25, 0.3) is 21.5 Å². The first kappa shape index (κ1) is 30.7. The number of rotatable bonds is 11. The summed E-state index contributed by atoms with van der Waals surface area (Å²) in [6.07, 6.45) is -0.441. The number of nitro groups is 2. The second-order valence-electron chi connectivity index (χ2n) is 9.18. The third kappa shape index (κ3) is 7.75. The van der Waals surface area contributed by atoms with Gasteiger partial charge in [0.15, 0.2) is 0 Å². The molecule has 1 aliphatic rings. The molecule has 3 aromatic rings. The van der Waals surface area contributed by atoms with Crippen molar-refractivity contribution in [2.75, 3.05) is 19.5 Å². The fraction of sp³-hybridized carbons (Fsp3) is 0.222. The summed E-state index contributed by atoms with van der Waals surface area (Å²) < 4.78 is 45.4. The van der Waals surface area contributed by atoms with E-state index in [1.54, 1.807) is 19.1 Å². The van der Waals surface area contributed by atoms with Gasteiger partial charge in [-0.05, 0) is 43.3 Å². The topological polar surface area (TPSA) is 204 Å². The lowest BCUT2D eigenvalue weighted by Crippen LogP contribution is -2.36. The Hall–Kier alpha value is -5.22. The van der Waals surface area contributed by atoms with Gasteiger partial charge in [-0.25, -0.2) is 14.6 Å². The molecule has 0 radical (unpaired) electrons. The van der Waals surface area contributed by atoms with Crippen molar-refractivity contribution in [3.8, 4) is 5.75 Å². The molecule has 0 aliphatic carbocycles. The molecule has 0 N–H and O–H groups in total. The van der Waals surface area contributed by atoms with Crippen molar-refractivity contribution in [2.45, 2.75) is 19.1 Å². The largest absolute Gasteiger partial charge is 0.475 e. The molecule has 224 valence electrons. The molecule has 0 fully saturated rings. The number of hydrogen-bond acceptors (Lipinski definition) is 13. The van der Waals surface area contributed by atoms with Gasteiger partial charge in [-0.15, -0.1) is 0 Å². The van der Waals surface area contributed by atoms with Crippen molar-refractivity contribution < 1.29 is 46.2 Å². The zero-order valence-corrected chi connectivity index (χ0v) is 23.4. The Morgan fingerprint density at radius 1 is 0.953 bits per heavy atom. The van der Waals surface area contributed by atoms with Gasteiger partial charge in [0.1, 0.15) is 31.1 Å². The number of ether oxygens (including phenoxy) is 3. The van der Waals surface area contributed by atoms with Crippen LogP contribution in [-0.4, -0.2) is 67.7 Å². The quantitative estimate of drug-likeness (QED) is 0.100. The zero-order valence-electron chi connectivity index (χ0n) is 22.6. The van der Waals surface area contributed by atoms with Crippen molar-refractivity contribution in [1.82, 2.24) is 0 Å². The van der Waals surface area contributed by atoms with Crippen LogP contribution >= 0.6 is 0 Å². The van der Waals surface area contributed by atoms with E-state index in [4.69, 9.17) is 18.4 Å². The van der Waals surface area contributed by atoms with E-state index in [2.05, 4.69) is 4.99 Å². The molecule has 0 saturated heterocycles. The summed E-state index contributed by atoms with van der Waals surface area (Å²) >= 11 is 0. The van der Waals surface area contributed by atoms with Crippen LogP contribution in [0.15, 0.2) is 71.7 Å². The van der Waals surface area contributed by atoms with E-state index in [1.165, 1.54) is 42.5 Å². The summed E-state index contributed by atoms with van der Waals surface area (Å²) in [6, 6.07) is 13.4. The normalized spacial score (nSPS) is 15.1. The number of aliphatic imine (C=N–C) groups is 1. The molecule has 2 atom stereocenters. The highest BCUT2D eigenvalue weighted by Gasteiger charge is 2.33. The minimum Gasteiger partial charge on any atom is -0.475 e. The SMILES string of the molecule is Cc1c(OC(=O)c2ccc([N+](=O)[O-])cc2)cccc1C1=NC(C(COC(=O)c2ccc([N+](=O)[O-])cc2)OS(C)(=O)=O)CO1. The van der Waals surface area contributed by atoms with E-state index in [0.717, 1.165) is 18.4 Å². The van der Waals surface area contributed by atoms with Crippen molar-refractivity contribution in [2.24, 2.45) is 4.99 Å². The van der Waals surface area contributed by atoms with Crippen LogP contribution in [0, 0.1) is 27.2 Å². The monoisotopic (exact) mass is 613 g/mol. The molecule has 2 unspecified atom stereocenters. The van der Waals surface area contributed by atoms with Crippen LogP contribution in [-0.2, 0) is 23.8 Å². The van der Waals surface area contributed by atoms with E-state index in [1.807, 2.05) is 0 Å². The molecule has 0 saturated carbocycles. The summed E-state index contributed by atoms with van der Waals surface area (Å²) in [5, 5.41) is 21.7. The molecule has 3 aromatic carbocycles. The summed E-state index contributed by atoms with van der Waals surface area (Å²) in [7, 11) is -4.02. The summed E-state index contributed by atoms with van der Waals surface area (Å²) in [5.74, 6) is -1.35. The third-order valence-electron chi connectivity index (χ3n) is 6.12. The summed E-state index contributed by atoms with van der Waals surface area (Å²) in [6.45, 7) is 0.986. The van der Waals surface area contributed by atoms with Crippen LogP contribution in [0.5, 0.6) is 5.75 Å². The van der Waals surface area contributed by atoms with E-state index < -0.39 is 50.7 Å². The second kappa shape index (κ2) is 12.7. The number of esters is 2. The molecule has 0 aromatic heterocycles. The smallest absolute Gasteiger partial charge is 0.343 e. The van der Waals surface area contributed by atoms with Crippen LogP contribution in [0.1, 0.15) is 31.8 Å². The fourth-order valence-electron chi connectivity index (χ4n) is 3.95. The minimum atomic E-state index is -4.02. The molecule has 0 amide bonds. The lowest BCUT2D eigenvalue weighted by atomic mass is 10.1. The predicted molar refractivity (Wildman–Crippen MR) is 149 cm³/mol. The van der Waals surface area contributed by atoms with Gasteiger partial charge in [-0.1, -0.05) is 6.07 Å². The minimum absolute atomic E-state index is 0.00582. The molecular formula is C27H23N3O12S. The fourth-order valence-corrected chi connectivity index (χ4v) is 4.58. The Labute approximate surface area is 244 Å². The highest BCUT2D eigenvalue weighted by Crippen LogP contribution is 2.27. The highest BCUT2D eigenvalue weighted by molar-refractivity contribution is 7.86. The van der Waals surface area contributed by atoms with Crippen molar-refractivity contribution in [3.63, 3.8) is 0 Å². The van der Waals surface area contributed by atoms with Gasteiger partial charge in [-0.3, -0.25) is 24.4 Å². The number of hydrogen-bond donors (Lipinski definition) is 0. The molecular weight excluding hydrogens is 590 g/mol. The Morgan fingerprint density at radius 3 is 2.05 bits per heavy atom. The number of non-ortho nitro benzene ring substituents is 2.